The molecule has 0 atom stereocenters. The van der Waals surface area contributed by atoms with E-state index in [1.807, 2.05) is 10.6 Å². The van der Waals surface area contributed by atoms with Crippen LogP contribution in [-0.4, -0.2) is 30.4 Å². The number of amides is 1. The Bertz CT molecular complexity index is 766. The van der Waals surface area contributed by atoms with Gasteiger partial charge in [0.15, 0.2) is 5.65 Å². The third-order valence-electron chi connectivity index (χ3n) is 3.02. The van der Waals surface area contributed by atoms with Gasteiger partial charge in [0.05, 0.1) is 12.5 Å². The highest BCUT2D eigenvalue weighted by atomic mass is 16.1. The van der Waals surface area contributed by atoms with Gasteiger partial charge in [-0.25, -0.2) is 15.0 Å². The molecular weight excluding hydrogens is 256 g/mol. The molecule has 0 unspecified atom stereocenters. The molecule has 7 nitrogen and oxygen atoms in total. The van der Waals surface area contributed by atoms with Crippen molar-refractivity contribution in [1.82, 2.24) is 24.5 Å². The molecule has 3 aromatic rings. The first-order valence-corrected chi connectivity index (χ1v) is 6.09. The number of carbonyl (C=O) groups is 1. The Balaban J connectivity index is 1.79. The topological polar surface area (TPSA) is 99.6 Å². The highest BCUT2D eigenvalue weighted by Crippen LogP contribution is 2.10. The largest absolute Gasteiger partial charge is 0.364 e. The third kappa shape index (κ3) is 2.33. The van der Waals surface area contributed by atoms with Crippen molar-refractivity contribution in [2.24, 2.45) is 5.73 Å². The van der Waals surface area contributed by atoms with Crippen LogP contribution in [0.3, 0.4) is 0 Å². The minimum absolute atomic E-state index is 0.279. The normalized spacial score (nSPS) is 10.8. The third-order valence-corrected chi connectivity index (χ3v) is 3.02. The summed E-state index contributed by atoms with van der Waals surface area (Å²) in [5, 5.41) is 0. The maximum Gasteiger partial charge on any atom is 0.267 e. The lowest BCUT2D eigenvalue weighted by atomic mass is 10.1. The maximum absolute atomic E-state index is 11.1. The van der Waals surface area contributed by atoms with Crippen molar-refractivity contribution in [2.75, 3.05) is 0 Å². The van der Waals surface area contributed by atoms with Crippen LogP contribution in [0.15, 0.2) is 37.2 Å². The smallest absolute Gasteiger partial charge is 0.267 e. The highest BCUT2D eigenvalue weighted by molar-refractivity contribution is 5.90. The Morgan fingerprint density at radius 1 is 1.30 bits per heavy atom. The summed E-state index contributed by atoms with van der Waals surface area (Å²) in [5.74, 6) is -0.520. The van der Waals surface area contributed by atoms with E-state index < -0.39 is 5.91 Å². The molecule has 0 saturated heterocycles. The number of hydrogen-bond acceptors (Lipinski definition) is 5. The number of hydrogen-bond donors (Lipinski definition) is 1. The molecule has 0 fully saturated rings. The number of carbonyl (C=O) groups excluding carboxylic acids is 1. The Morgan fingerprint density at radius 2 is 2.20 bits per heavy atom. The number of nitrogens with zero attached hydrogens (tertiary/aromatic N) is 5. The van der Waals surface area contributed by atoms with Crippen molar-refractivity contribution >= 4 is 17.1 Å². The molecule has 7 heteroatoms. The van der Waals surface area contributed by atoms with E-state index in [4.69, 9.17) is 5.73 Å². The van der Waals surface area contributed by atoms with Gasteiger partial charge in [-0.15, -0.1) is 0 Å². The highest BCUT2D eigenvalue weighted by Gasteiger charge is 2.05. The standard InChI is InChI=1S/C13H12N6O/c14-12(20)10-5-9(1-3-16-10)2-4-19-8-18-13-11(19)6-15-7-17-13/h1,3,5-8H,2,4H2,(H2,14,20). The Morgan fingerprint density at radius 3 is 3.05 bits per heavy atom. The summed E-state index contributed by atoms with van der Waals surface area (Å²) in [6.45, 7) is 0.714. The molecule has 100 valence electrons. The van der Waals surface area contributed by atoms with E-state index in [1.54, 1.807) is 24.8 Å². The summed E-state index contributed by atoms with van der Waals surface area (Å²) in [5.41, 5.74) is 8.05. The Hall–Kier alpha value is -2.83. The first kappa shape index (κ1) is 12.2. The molecule has 20 heavy (non-hydrogen) atoms. The van der Waals surface area contributed by atoms with Gasteiger partial charge >= 0.3 is 0 Å². The molecule has 0 aliphatic rings. The molecule has 0 aromatic carbocycles. The molecule has 0 spiro atoms. The predicted molar refractivity (Wildman–Crippen MR) is 71.8 cm³/mol. The van der Waals surface area contributed by atoms with Crippen molar-refractivity contribution in [1.29, 1.82) is 0 Å². The minimum atomic E-state index is -0.520. The summed E-state index contributed by atoms with van der Waals surface area (Å²) in [6.07, 6.45) is 7.27. The van der Waals surface area contributed by atoms with Gasteiger partial charge in [-0.2, -0.15) is 0 Å². The molecular formula is C13H12N6O. The molecule has 0 aliphatic heterocycles. The van der Waals surface area contributed by atoms with E-state index in [9.17, 15) is 4.79 Å². The zero-order chi connectivity index (χ0) is 13.9. The van der Waals surface area contributed by atoms with E-state index in [0.717, 1.165) is 17.5 Å². The van der Waals surface area contributed by atoms with Gasteiger partial charge in [-0.05, 0) is 24.1 Å². The lowest BCUT2D eigenvalue weighted by Crippen LogP contribution is -2.13. The summed E-state index contributed by atoms with van der Waals surface area (Å²) in [4.78, 5) is 27.3. The molecule has 0 aliphatic carbocycles. The fourth-order valence-electron chi connectivity index (χ4n) is 2.00. The number of aryl methyl sites for hydroxylation is 2. The minimum Gasteiger partial charge on any atom is -0.364 e. The van der Waals surface area contributed by atoms with Gasteiger partial charge in [0.2, 0.25) is 0 Å². The van der Waals surface area contributed by atoms with Crippen molar-refractivity contribution in [3.63, 3.8) is 0 Å². The van der Waals surface area contributed by atoms with Gasteiger partial charge in [0.25, 0.3) is 5.91 Å². The second kappa shape index (κ2) is 5.04. The first-order chi connectivity index (χ1) is 9.74. The van der Waals surface area contributed by atoms with Crippen LogP contribution < -0.4 is 5.73 Å². The summed E-state index contributed by atoms with van der Waals surface area (Å²) in [7, 11) is 0. The first-order valence-electron chi connectivity index (χ1n) is 6.09. The maximum atomic E-state index is 11.1. The van der Waals surface area contributed by atoms with Crippen molar-refractivity contribution in [3.8, 4) is 0 Å². The van der Waals surface area contributed by atoms with E-state index in [-0.39, 0.29) is 5.69 Å². The second-order valence-electron chi connectivity index (χ2n) is 4.33. The van der Waals surface area contributed by atoms with E-state index in [2.05, 4.69) is 19.9 Å². The van der Waals surface area contributed by atoms with E-state index in [1.165, 1.54) is 6.33 Å². The predicted octanol–water partition coefficient (Wildman–Crippen LogP) is 0.563. The molecule has 1 amide bonds. The van der Waals surface area contributed by atoms with E-state index >= 15 is 0 Å². The lowest BCUT2D eigenvalue weighted by Gasteiger charge is -2.05. The summed E-state index contributed by atoms with van der Waals surface area (Å²) < 4.78 is 1.97. The van der Waals surface area contributed by atoms with Gasteiger partial charge in [0.1, 0.15) is 17.5 Å². The van der Waals surface area contributed by atoms with Crippen molar-refractivity contribution < 1.29 is 4.79 Å². The van der Waals surface area contributed by atoms with Crippen LogP contribution in [0.4, 0.5) is 0 Å². The molecule has 0 saturated carbocycles. The summed E-state index contributed by atoms with van der Waals surface area (Å²) in [6, 6.07) is 3.57. The van der Waals surface area contributed by atoms with Gasteiger partial charge in [-0.1, -0.05) is 0 Å². The van der Waals surface area contributed by atoms with Crippen LogP contribution in [0.25, 0.3) is 11.2 Å². The van der Waals surface area contributed by atoms with Gasteiger partial charge < -0.3 is 10.3 Å². The molecule has 0 radical (unpaired) electrons. The van der Waals surface area contributed by atoms with Crippen LogP contribution >= 0.6 is 0 Å². The van der Waals surface area contributed by atoms with Crippen LogP contribution in [0.2, 0.25) is 0 Å². The lowest BCUT2D eigenvalue weighted by molar-refractivity contribution is 0.0995. The second-order valence-corrected chi connectivity index (χ2v) is 4.33. The number of rotatable bonds is 4. The zero-order valence-electron chi connectivity index (χ0n) is 10.6. The SMILES string of the molecule is NC(=O)c1cc(CCn2cnc3ncncc32)ccn1. The molecule has 3 heterocycles. The number of aromatic nitrogens is 5. The molecule has 0 bridgehead atoms. The van der Waals surface area contributed by atoms with Crippen molar-refractivity contribution in [2.45, 2.75) is 13.0 Å². The molecule has 2 N–H and O–H groups in total. The number of pyridine rings is 1. The number of fused-ring (bicyclic) bond motifs is 1. The van der Waals surface area contributed by atoms with Crippen LogP contribution in [0, 0.1) is 0 Å². The molecule has 3 aromatic heterocycles. The Labute approximate surface area is 114 Å². The van der Waals surface area contributed by atoms with Crippen molar-refractivity contribution in [3.05, 3.63) is 48.4 Å². The monoisotopic (exact) mass is 268 g/mol. The number of imidazole rings is 1. The molecule has 3 rings (SSSR count). The van der Waals surface area contributed by atoms with Crippen LogP contribution in [0.1, 0.15) is 16.1 Å². The quantitative estimate of drug-likeness (QED) is 0.745. The summed E-state index contributed by atoms with van der Waals surface area (Å²) >= 11 is 0. The zero-order valence-corrected chi connectivity index (χ0v) is 10.6. The van der Waals surface area contributed by atoms with E-state index in [0.29, 0.717) is 12.2 Å². The van der Waals surface area contributed by atoms with Crippen LogP contribution in [-0.2, 0) is 13.0 Å². The average Bonchev–Trinajstić information content (AvgIpc) is 2.89. The Kier molecular flexibility index (Phi) is 3.08. The van der Waals surface area contributed by atoms with Crippen LogP contribution in [0.5, 0.6) is 0 Å². The van der Waals surface area contributed by atoms with Gasteiger partial charge in [0, 0.05) is 12.7 Å². The number of nitrogens with two attached hydrogens (primary N) is 1. The fraction of sp³-hybridized carbons (Fsp3) is 0.154. The fourth-order valence-corrected chi connectivity index (χ4v) is 2.00. The van der Waals surface area contributed by atoms with Gasteiger partial charge in [-0.3, -0.25) is 9.78 Å². The number of primary amides is 1. The average molecular weight is 268 g/mol.